The van der Waals surface area contributed by atoms with Crippen molar-refractivity contribution in [2.24, 2.45) is 0 Å². The highest BCUT2D eigenvalue weighted by Gasteiger charge is 2.31. The summed E-state index contributed by atoms with van der Waals surface area (Å²) in [5, 5.41) is 7.95. The van der Waals surface area contributed by atoms with Crippen LogP contribution in [0.3, 0.4) is 0 Å². The standard InChI is InChI=1S/C16H14N4O3S/c21-14-12(2-1-5-17-14)16(22)20-6-3-10(8-20)13-18-15(23-19-13)11-4-7-24-9-11/h1-2,4-5,7,9-10H,3,6,8H2,(H,17,21)/t10-/m0/s1. The predicted molar refractivity (Wildman–Crippen MR) is 87.9 cm³/mol. The molecular weight excluding hydrogens is 328 g/mol. The van der Waals surface area contributed by atoms with Crippen molar-refractivity contribution in [3.8, 4) is 11.5 Å². The molecule has 1 aliphatic rings. The van der Waals surface area contributed by atoms with Gasteiger partial charge in [0.1, 0.15) is 5.56 Å². The number of carbonyl (C=O) groups excluding carboxylic acids is 1. The minimum absolute atomic E-state index is 0.0212. The molecule has 1 amide bonds. The molecule has 0 aliphatic carbocycles. The summed E-state index contributed by atoms with van der Waals surface area (Å²) >= 11 is 1.57. The van der Waals surface area contributed by atoms with E-state index in [-0.39, 0.29) is 22.9 Å². The fourth-order valence-corrected chi connectivity index (χ4v) is 3.45. The van der Waals surface area contributed by atoms with E-state index in [0.29, 0.717) is 24.8 Å². The second-order valence-electron chi connectivity index (χ2n) is 5.62. The number of nitrogens with one attached hydrogen (secondary N) is 1. The highest BCUT2D eigenvalue weighted by atomic mass is 32.1. The molecule has 0 unspecified atom stereocenters. The first kappa shape index (κ1) is 14.8. The smallest absolute Gasteiger partial charge is 0.260 e. The average Bonchev–Trinajstić information content (AvgIpc) is 3.33. The first-order chi connectivity index (χ1) is 11.7. The van der Waals surface area contributed by atoms with Gasteiger partial charge in [0.25, 0.3) is 17.4 Å². The molecule has 1 saturated heterocycles. The molecule has 1 aliphatic heterocycles. The summed E-state index contributed by atoms with van der Waals surface area (Å²) in [5.74, 6) is 0.859. The van der Waals surface area contributed by atoms with E-state index in [4.69, 9.17) is 4.52 Å². The van der Waals surface area contributed by atoms with Gasteiger partial charge < -0.3 is 14.4 Å². The maximum Gasteiger partial charge on any atom is 0.260 e. The highest BCUT2D eigenvalue weighted by Crippen LogP contribution is 2.28. The van der Waals surface area contributed by atoms with Gasteiger partial charge in [-0.15, -0.1) is 0 Å². The molecule has 0 bridgehead atoms. The molecule has 4 heterocycles. The van der Waals surface area contributed by atoms with Crippen LogP contribution >= 0.6 is 11.3 Å². The zero-order valence-corrected chi connectivity index (χ0v) is 13.5. The zero-order chi connectivity index (χ0) is 16.5. The number of aromatic nitrogens is 3. The highest BCUT2D eigenvalue weighted by molar-refractivity contribution is 7.08. The van der Waals surface area contributed by atoms with E-state index >= 15 is 0 Å². The molecule has 4 rings (SSSR count). The number of aromatic amines is 1. The quantitative estimate of drug-likeness (QED) is 0.787. The molecule has 122 valence electrons. The predicted octanol–water partition coefficient (Wildman–Crippen LogP) is 2.12. The van der Waals surface area contributed by atoms with Gasteiger partial charge in [-0.25, -0.2) is 0 Å². The van der Waals surface area contributed by atoms with Crippen LogP contribution in [0.15, 0.2) is 44.5 Å². The number of pyridine rings is 1. The Morgan fingerprint density at radius 2 is 2.33 bits per heavy atom. The van der Waals surface area contributed by atoms with Crippen LogP contribution < -0.4 is 5.56 Å². The van der Waals surface area contributed by atoms with E-state index in [2.05, 4.69) is 15.1 Å². The Bertz CT molecular complexity index is 915. The minimum Gasteiger partial charge on any atom is -0.338 e. The number of hydrogen-bond donors (Lipinski definition) is 1. The molecule has 0 aromatic carbocycles. The van der Waals surface area contributed by atoms with Crippen molar-refractivity contribution in [2.45, 2.75) is 12.3 Å². The lowest BCUT2D eigenvalue weighted by Crippen LogP contribution is -2.32. The van der Waals surface area contributed by atoms with Crippen LogP contribution in [0.5, 0.6) is 0 Å². The molecule has 24 heavy (non-hydrogen) atoms. The second kappa shape index (κ2) is 6.04. The number of carbonyl (C=O) groups is 1. The molecular formula is C16H14N4O3S. The molecule has 1 N–H and O–H groups in total. The van der Waals surface area contributed by atoms with Gasteiger partial charge in [0, 0.05) is 30.6 Å². The summed E-state index contributed by atoms with van der Waals surface area (Å²) < 4.78 is 5.31. The first-order valence-corrected chi connectivity index (χ1v) is 8.50. The minimum atomic E-state index is -0.370. The summed E-state index contributed by atoms with van der Waals surface area (Å²) in [6.45, 7) is 1.05. The molecule has 7 nitrogen and oxygen atoms in total. The first-order valence-electron chi connectivity index (χ1n) is 7.55. The van der Waals surface area contributed by atoms with Crippen LogP contribution in [0.4, 0.5) is 0 Å². The summed E-state index contributed by atoms with van der Waals surface area (Å²) in [6.07, 6.45) is 2.26. The van der Waals surface area contributed by atoms with E-state index in [1.165, 1.54) is 12.3 Å². The Morgan fingerprint density at radius 3 is 3.12 bits per heavy atom. The Labute approximate surface area is 140 Å². The molecule has 1 fully saturated rings. The number of rotatable bonds is 3. The Balaban J connectivity index is 1.50. The molecule has 1 atom stereocenters. The monoisotopic (exact) mass is 342 g/mol. The van der Waals surface area contributed by atoms with Crippen molar-refractivity contribution in [1.29, 1.82) is 0 Å². The van der Waals surface area contributed by atoms with Crippen molar-refractivity contribution in [1.82, 2.24) is 20.0 Å². The summed E-state index contributed by atoms with van der Waals surface area (Å²) in [5.41, 5.74) is 0.691. The second-order valence-corrected chi connectivity index (χ2v) is 6.40. The third kappa shape index (κ3) is 2.65. The maximum absolute atomic E-state index is 12.5. The number of amides is 1. The van der Waals surface area contributed by atoms with Gasteiger partial charge in [-0.2, -0.15) is 16.3 Å². The number of nitrogens with zero attached hydrogens (tertiary/aromatic N) is 3. The molecule has 0 radical (unpaired) electrons. The third-order valence-electron chi connectivity index (χ3n) is 4.10. The third-order valence-corrected chi connectivity index (χ3v) is 4.78. The van der Waals surface area contributed by atoms with Gasteiger partial charge in [-0.05, 0) is 30.0 Å². The fraction of sp³-hybridized carbons (Fsp3) is 0.250. The van der Waals surface area contributed by atoms with E-state index in [9.17, 15) is 9.59 Å². The van der Waals surface area contributed by atoms with E-state index in [1.54, 1.807) is 22.3 Å². The molecule has 0 spiro atoms. The number of thiophene rings is 1. The van der Waals surface area contributed by atoms with Gasteiger partial charge in [-0.1, -0.05) is 5.16 Å². The van der Waals surface area contributed by atoms with Crippen molar-refractivity contribution < 1.29 is 9.32 Å². The Morgan fingerprint density at radius 1 is 1.42 bits per heavy atom. The molecule has 3 aromatic heterocycles. The zero-order valence-electron chi connectivity index (χ0n) is 12.6. The SMILES string of the molecule is O=C(c1ccc[nH]c1=O)N1CC[C@H](c2noc(-c3ccsc3)n2)C1. The lowest BCUT2D eigenvalue weighted by molar-refractivity contribution is 0.0788. The number of likely N-dealkylation sites (tertiary alicyclic amines) is 1. The Hall–Kier alpha value is -2.74. The summed E-state index contributed by atoms with van der Waals surface area (Å²) in [4.78, 5) is 32.9. The maximum atomic E-state index is 12.5. The van der Waals surface area contributed by atoms with E-state index < -0.39 is 0 Å². The number of hydrogen-bond acceptors (Lipinski definition) is 6. The Kier molecular flexibility index (Phi) is 3.73. The van der Waals surface area contributed by atoms with Gasteiger partial charge in [-0.3, -0.25) is 9.59 Å². The van der Waals surface area contributed by atoms with Crippen LogP contribution in [0.1, 0.15) is 28.5 Å². The van der Waals surface area contributed by atoms with Crippen LogP contribution in [-0.2, 0) is 0 Å². The average molecular weight is 342 g/mol. The van der Waals surface area contributed by atoms with Crippen LogP contribution in [-0.4, -0.2) is 39.0 Å². The summed E-state index contributed by atoms with van der Waals surface area (Å²) in [7, 11) is 0. The van der Waals surface area contributed by atoms with Crippen LogP contribution in [0.25, 0.3) is 11.5 Å². The number of H-pyrrole nitrogens is 1. The van der Waals surface area contributed by atoms with Gasteiger partial charge in [0.2, 0.25) is 0 Å². The lowest BCUT2D eigenvalue weighted by atomic mass is 10.1. The molecule has 3 aromatic rings. The summed E-state index contributed by atoms with van der Waals surface area (Å²) in [6, 6.07) is 5.11. The molecule has 8 heteroatoms. The van der Waals surface area contributed by atoms with E-state index in [0.717, 1.165) is 12.0 Å². The molecule has 0 saturated carbocycles. The van der Waals surface area contributed by atoms with Crippen molar-refractivity contribution >= 4 is 17.2 Å². The van der Waals surface area contributed by atoms with Crippen molar-refractivity contribution in [2.75, 3.05) is 13.1 Å². The van der Waals surface area contributed by atoms with E-state index in [1.807, 2.05) is 16.8 Å². The van der Waals surface area contributed by atoms with Crippen LogP contribution in [0.2, 0.25) is 0 Å². The van der Waals surface area contributed by atoms with Gasteiger partial charge >= 0.3 is 0 Å². The van der Waals surface area contributed by atoms with Crippen molar-refractivity contribution in [3.63, 3.8) is 0 Å². The van der Waals surface area contributed by atoms with Gasteiger partial charge in [0.15, 0.2) is 5.82 Å². The largest absolute Gasteiger partial charge is 0.338 e. The fourth-order valence-electron chi connectivity index (χ4n) is 2.82. The van der Waals surface area contributed by atoms with Gasteiger partial charge in [0.05, 0.1) is 5.56 Å². The van der Waals surface area contributed by atoms with Crippen molar-refractivity contribution in [3.05, 3.63) is 56.9 Å². The lowest BCUT2D eigenvalue weighted by Gasteiger charge is -2.15. The topological polar surface area (TPSA) is 92.1 Å². The van der Waals surface area contributed by atoms with Crippen LogP contribution in [0, 0.1) is 0 Å². The normalized spacial score (nSPS) is 17.3.